The molecule has 0 spiro atoms. The number of H-pyrrole nitrogens is 1. The van der Waals surface area contributed by atoms with Crippen molar-refractivity contribution in [1.29, 1.82) is 0 Å². The van der Waals surface area contributed by atoms with E-state index in [0.717, 1.165) is 17.9 Å². The van der Waals surface area contributed by atoms with Crippen LogP contribution in [0.4, 0.5) is 0 Å². The number of nitrogens with one attached hydrogen (secondary N) is 1. The van der Waals surface area contributed by atoms with Crippen molar-refractivity contribution in [2.75, 3.05) is 6.54 Å². The lowest BCUT2D eigenvalue weighted by atomic mass is 9.90. The van der Waals surface area contributed by atoms with Crippen molar-refractivity contribution in [3.8, 4) is 11.3 Å². The number of aromatic nitrogens is 2. The van der Waals surface area contributed by atoms with Gasteiger partial charge in [0.2, 0.25) is 0 Å². The lowest BCUT2D eigenvalue weighted by Gasteiger charge is -2.16. The van der Waals surface area contributed by atoms with E-state index in [1.54, 1.807) is 0 Å². The van der Waals surface area contributed by atoms with Crippen LogP contribution in [0, 0.1) is 0 Å². The molecule has 1 atom stereocenters. The zero-order valence-corrected chi connectivity index (χ0v) is 12.2. The zero-order chi connectivity index (χ0) is 13.9. The molecule has 1 heterocycles. The highest BCUT2D eigenvalue weighted by molar-refractivity contribution is 5.61. The molecule has 0 bridgehead atoms. The second kappa shape index (κ2) is 5.80. The molecule has 2 aromatic rings. The lowest BCUT2D eigenvalue weighted by molar-refractivity contribution is 0.655. The first-order valence-electron chi connectivity index (χ1n) is 7.65. The number of nitrogens with two attached hydrogens (primary N) is 1. The molecular formula is C17H23N3. The fourth-order valence-electron chi connectivity index (χ4n) is 3.02. The van der Waals surface area contributed by atoms with E-state index < -0.39 is 0 Å². The molecule has 0 radical (unpaired) electrons. The van der Waals surface area contributed by atoms with E-state index in [1.165, 1.54) is 42.4 Å². The van der Waals surface area contributed by atoms with Crippen molar-refractivity contribution >= 4 is 0 Å². The predicted molar refractivity (Wildman–Crippen MR) is 82.8 cm³/mol. The van der Waals surface area contributed by atoms with Gasteiger partial charge in [-0.2, -0.15) is 0 Å². The summed E-state index contributed by atoms with van der Waals surface area (Å²) in [5.74, 6) is 1.44. The number of nitrogens with zero attached hydrogens (tertiary/aromatic N) is 1. The van der Waals surface area contributed by atoms with Crippen molar-refractivity contribution in [1.82, 2.24) is 9.97 Å². The van der Waals surface area contributed by atoms with Gasteiger partial charge in [-0.3, -0.25) is 0 Å². The highest BCUT2D eigenvalue weighted by Gasteiger charge is 2.13. The fourth-order valence-corrected chi connectivity index (χ4v) is 3.02. The maximum Gasteiger partial charge on any atom is 0.109 e. The predicted octanol–water partition coefficient (Wildman–Crippen LogP) is 3.41. The molecule has 0 aliphatic heterocycles. The molecule has 0 saturated carbocycles. The number of imidazole rings is 1. The van der Waals surface area contributed by atoms with Gasteiger partial charge in [-0.05, 0) is 61.4 Å². The smallest absolute Gasteiger partial charge is 0.109 e. The van der Waals surface area contributed by atoms with Crippen LogP contribution >= 0.6 is 0 Å². The Hall–Kier alpha value is -1.61. The van der Waals surface area contributed by atoms with Crippen LogP contribution in [0.1, 0.15) is 49.1 Å². The van der Waals surface area contributed by atoms with Gasteiger partial charge in [-0.1, -0.05) is 19.1 Å². The van der Waals surface area contributed by atoms with Crippen molar-refractivity contribution in [2.24, 2.45) is 5.73 Å². The van der Waals surface area contributed by atoms with Crippen LogP contribution in [-0.2, 0) is 12.8 Å². The van der Waals surface area contributed by atoms with Crippen molar-refractivity contribution < 1.29 is 0 Å². The SMILES string of the molecule is CC(CCN)c1ncc(-c2ccc3c(c2)CCCC3)[nH]1. The van der Waals surface area contributed by atoms with Crippen LogP contribution in [0.3, 0.4) is 0 Å². The monoisotopic (exact) mass is 269 g/mol. The third-order valence-corrected chi connectivity index (χ3v) is 4.32. The molecule has 1 aromatic carbocycles. The maximum absolute atomic E-state index is 5.62. The van der Waals surface area contributed by atoms with Crippen LogP contribution in [0.5, 0.6) is 0 Å². The number of fused-ring (bicyclic) bond motifs is 1. The Balaban J connectivity index is 1.86. The summed E-state index contributed by atoms with van der Waals surface area (Å²) in [6, 6.07) is 6.84. The quantitative estimate of drug-likeness (QED) is 0.893. The van der Waals surface area contributed by atoms with Crippen molar-refractivity contribution in [3.63, 3.8) is 0 Å². The van der Waals surface area contributed by atoms with Gasteiger partial charge in [0, 0.05) is 5.92 Å². The van der Waals surface area contributed by atoms with Gasteiger partial charge in [0.25, 0.3) is 0 Å². The van der Waals surface area contributed by atoms with Gasteiger partial charge in [0.1, 0.15) is 5.82 Å². The third-order valence-electron chi connectivity index (χ3n) is 4.32. The summed E-state index contributed by atoms with van der Waals surface area (Å²) in [6.45, 7) is 2.87. The largest absolute Gasteiger partial charge is 0.342 e. The summed E-state index contributed by atoms with van der Waals surface area (Å²) in [7, 11) is 0. The topological polar surface area (TPSA) is 54.7 Å². The molecule has 3 nitrogen and oxygen atoms in total. The Morgan fingerprint density at radius 1 is 1.25 bits per heavy atom. The molecule has 20 heavy (non-hydrogen) atoms. The first kappa shape index (κ1) is 13.4. The molecule has 1 aliphatic rings. The van der Waals surface area contributed by atoms with Crippen molar-refractivity contribution in [2.45, 2.75) is 44.9 Å². The van der Waals surface area contributed by atoms with Crippen LogP contribution in [0.25, 0.3) is 11.3 Å². The molecule has 0 amide bonds. The molecular weight excluding hydrogens is 246 g/mol. The first-order valence-corrected chi connectivity index (χ1v) is 7.65. The minimum absolute atomic E-state index is 0.395. The fraction of sp³-hybridized carbons (Fsp3) is 0.471. The maximum atomic E-state index is 5.62. The number of aromatic amines is 1. The molecule has 1 aliphatic carbocycles. The number of hydrogen-bond donors (Lipinski definition) is 2. The van der Waals surface area contributed by atoms with E-state index in [1.807, 2.05) is 6.20 Å². The number of aryl methyl sites for hydroxylation is 2. The Morgan fingerprint density at radius 3 is 2.85 bits per heavy atom. The normalized spacial score (nSPS) is 15.9. The Kier molecular flexibility index (Phi) is 3.88. The third kappa shape index (κ3) is 2.63. The van der Waals surface area contributed by atoms with Crippen LogP contribution in [0.15, 0.2) is 24.4 Å². The molecule has 106 valence electrons. The molecule has 0 saturated heterocycles. The highest BCUT2D eigenvalue weighted by atomic mass is 14.9. The van der Waals surface area contributed by atoms with Crippen molar-refractivity contribution in [3.05, 3.63) is 41.3 Å². The average molecular weight is 269 g/mol. The summed E-state index contributed by atoms with van der Waals surface area (Å²) in [5, 5.41) is 0. The van der Waals surface area contributed by atoms with Gasteiger partial charge in [0.15, 0.2) is 0 Å². The minimum atomic E-state index is 0.395. The van der Waals surface area contributed by atoms with Gasteiger partial charge in [-0.15, -0.1) is 0 Å². The average Bonchev–Trinajstić information content (AvgIpc) is 2.97. The van der Waals surface area contributed by atoms with E-state index in [2.05, 4.69) is 35.1 Å². The van der Waals surface area contributed by atoms with E-state index in [-0.39, 0.29) is 0 Å². The van der Waals surface area contributed by atoms with Crippen LogP contribution in [0.2, 0.25) is 0 Å². The van der Waals surface area contributed by atoms with Gasteiger partial charge < -0.3 is 10.7 Å². The van der Waals surface area contributed by atoms with Crippen LogP contribution in [-0.4, -0.2) is 16.5 Å². The second-order valence-corrected chi connectivity index (χ2v) is 5.85. The second-order valence-electron chi connectivity index (χ2n) is 5.85. The molecule has 3 N–H and O–H groups in total. The summed E-state index contributed by atoms with van der Waals surface area (Å²) in [5.41, 5.74) is 11.0. The zero-order valence-electron chi connectivity index (χ0n) is 12.2. The Bertz CT molecular complexity index is 586. The number of rotatable bonds is 4. The molecule has 3 rings (SSSR count). The Labute approximate surface area is 120 Å². The Morgan fingerprint density at radius 2 is 2.05 bits per heavy atom. The lowest BCUT2D eigenvalue weighted by Crippen LogP contribution is -2.05. The summed E-state index contributed by atoms with van der Waals surface area (Å²) in [4.78, 5) is 7.97. The van der Waals surface area contributed by atoms with Gasteiger partial charge in [0.05, 0.1) is 11.9 Å². The molecule has 0 fully saturated rings. The standard InChI is InChI=1S/C17H23N3/c1-12(8-9-18)17-19-11-16(20-17)15-7-6-13-4-2-3-5-14(13)10-15/h6-7,10-12H,2-5,8-9,18H2,1H3,(H,19,20). The summed E-state index contributed by atoms with van der Waals surface area (Å²) < 4.78 is 0. The first-order chi connectivity index (χ1) is 9.78. The number of hydrogen-bond acceptors (Lipinski definition) is 2. The summed E-state index contributed by atoms with van der Waals surface area (Å²) >= 11 is 0. The minimum Gasteiger partial charge on any atom is -0.342 e. The van der Waals surface area contributed by atoms with Crippen LogP contribution < -0.4 is 5.73 Å². The van der Waals surface area contributed by atoms with Gasteiger partial charge in [-0.25, -0.2) is 4.98 Å². The summed E-state index contributed by atoms with van der Waals surface area (Å²) in [6.07, 6.45) is 8.02. The molecule has 1 unspecified atom stereocenters. The van der Waals surface area contributed by atoms with E-state index >= 15 is 0 Å². The van der Waals surface area contributed by atoms with Gasteiger partial charge >= 0.3 is 0 Å². The van der Waals surface area contributed by atoms with E-state index in [0.29, 0.717) is 12.5 Å². The molecule has 1 aromatic heterocycles. The molecule has 3 heteroatoms. The highest BCUT2D eigenvalue weighted by Crippen LogP contribution is 2.27. The van der Waals surface area contributed by atoms with E-state index in [9.17, 15) is 0 Å². The van der Waals surface area contributed by atoms with E-state index in [4.69, 9.17) is 5.73 Å². The number of benzene rings is 1.